The standard InChI is InChI=1S/C16H20N2O.C14H17N.2C2H6/c1-4-15(17-3)8-5-13(2)18-16-9-6-14(7-10-16)11-12-19;1-15-10-8-14(9-11-15)7-6-12-4-2-3-5-13(12)14;2*1-2/h4-10,12,17-18H,2,11H2,1,3H3;2-7H,8-11H2,1H3;2*1-2H3/b8-5+,15-4-;;;. The molecule has 1 aliphatic carbocycles. The average Bonchev–Trinajstić information content (AvgIpc) is 3.33. The van der Waals surface area contributed by atoms with Gasteiger partial charge in [0.15, 0.2) is 0 Å². The summed E-state index contributed by atoms with van der Waals surface area (Å²) in [5.74, 6) is 0. The van der Waals surface area contributed by atoms with Crippen molar-refractivity contribution in [2.75, 3.05) is 32.5 Å². The van der Waals surface area contributed by atoms with Crippen LogP contribution in [0.25, 0.3) is 6.08 Å². The summed E-state index contributed by atoms with van der Waals surface area (Å²) in [6.07, 6.45) is 14.5. The van der Waals surface area contributed by atoms with Crippen LogP contribution in [0.1, 0.15) is 64.2 Å². The third-order valence-corrected chi connectivity index (χ3v) is 6.60. The minimum absolute atomic E-state index is 0.364. The van der Waals surface area contributed by atoms with Crippen LogP contribution in [0.2, 0.25) is 0 Å². The van der Waals surface area contributed by atoms with Crippen LogP contribution < -0.4 is 10.6 Å². The molecule has 1 aliphatic heterocycles. The first-order chi connectivity index (χ1) is 18.5. The predicted octanol–water partition coefficient (Wildman–Crippen LogP) is 7.76. The Morgan fingerprint density at radius 3 is 2.21 bits per heavy atom. The van der Waals surface area contributed by atoms with E-state index in [0.29, 0.717) is 11.8 Å². The van der Waals surface area contributed by atoms with Gasteiger partial charge in [-0.05, 0) is 80.9 Å². The zero-order valence-electron chi connectivity index (χ0n) is 24.7. The highest BCUT2D eigenvalue weighted by Gasteiger charge is 2.36. The molecular weight excluding hydrogens is 466 g/mol. The van der Waals surface area contributed by atoms with Gasteiger partial charge in [0, 0.05) is 36.0 Å². The smallest absolute Gasteiger partial charge is 0.124 e. The number of piperidine rings is 1. The van der Waals surface area contributed by atoms with Crippen molar-refractivity contribution >= 4 is 18.0 Å². The zero-order valence-corrected chi connectivity index (χ0v) is 24.7. The van der Waals surface area contributed by atoms with Crippen molar-refractivity contribution in [2.24, 2.45) is 0 Å². The van der Waals surface area contributed by atoms with Gasteiger partial charge in [0.2, 0.25) is 0 Å². The lowest BCUT2D eigenvalue weighted by Crippen LogP contribution is -2.38. The molecule has 0 aromatic heterocycles. The number of rotatable bonds is 7. The molecule has 0 unspecified atom stereocenters. The fraction of sp³-hybridized carbons (Fsp3) is 0.382. The van der Waals surface area contributed by atoms with Crippen molar-refractivity contribution in [1.82, 2.24) is 10.2 Å². The second-order valence-electron chi connectivity index (χ2n) is 8.93. The molecule has 1 heterocycles. The van der Waals surface area contributed by atoms with E-state index in [1.54, 1.807) is 5.56 Å². The first-order valence-electron chi connectivity index (χ1n) is 14.0. The van der Waals surface area contributed by atoms with Crippen LogP contribution in [0, 0.1) is 0 Å². The molecular formula is C34H49N3O. The highest BCUT2D eigenvalue weighted by atomic mass is 16.1. The van der Waals surface area contributed by atoms with E-state index in [1.807, 2.05) is 84.2 Å². The lowest BCUT2D eigenvalue weighted by molar-refractivity contribution is -0.107. The number of aldehydes is 1. The number of hydrogen-bond acceptors (Lipinski definition) is 4. The highest BCUT2D eigenvalue weighted by molar-refractivity contribution is 5.65. The maximum Gasteiger partial charge on any atom is 0.124 e. The van der Waals surface area contributed by atoms with Gasteiger partial charge in [0.1, 0.15) is 6.29 Å². The van der Waals surface area contributed by atoms with E-state index >= 15 is 0 Å². The summed E-state index contributed by atoms with van der Waals surface area (Å²) in [5.41, 5.74) is 7.15. The van der Waals surface area contributed by atoms with Gasteiger partial charge in [-0.1, -0.05) is 88.9 Å². The van der Waals surface area contributed by atoms with E-state index in [1.165, 1.54) is 31.5 Å². The molecule has 0 bridgehead atoms. The first kappa shape index (κ1) is 32.7. The summed E-state index contributed by atoms with van der Waals surface area (Å²) >= 11 is 0. The number of likely N-dealkylation sites (tertiary alicyclic amines) is 1. The number of nitrogens with one attached hydrogen (secondary N) is 2. The lowest BCUT2D eigenvalue weighted by Gasteiger charge is -2.37. The van der Waals surface area contributed by atoms with Crippen LogP contribution in [-0.4, -0.2) is 38.4 Å². The highest BCUT2D eigenvalue weighted by Crippen LogP contribution is 2.43. The second-order valence-corrected chi connectivity index (χ2v) is 8.93. The quantitative estimate of drug-likeness (QED) is 0.292. The maximum absolute atomic E-state index is 10.4. The van der Waals surface area contributed by atoms with Gasteiger partial charge in [-0.3, -0.25) is 0 Å². The molecule has 206 valence electrons. The van der Waals surface area contributed by atoms with Gasteiger partial charge >= 0.3 is 0 Å². The summed E-state index contributed by atoms with van der Waals surface area (Å²) in [4.78, 5) is 12.8. The Balaban J connectivity index is 0.000000341. The van der Waals surface area contributed by atoms with Crippen LogP contribution in [0.4, 0.5) is 5.69 Å². The Bertz CT molecular complexity index is 1060. The topological polar surface area (TPSA) is 44.4 Å². The molecule has 2 aromatic carbocycles. The van der Waals surface area contributed by atoms with Crippen molar-refractivity contribution < 1.29 is 4.79 Å². The molecule has 0 atom stereocenters. The third-order valence-electron chi connectivity index (χ3n) is 6.60. The largest absolute Gasteiger partial charge is 0.388 e. The fourth-order valence-electron chi connectivity index (χ4n) is 4.45. The number of carbonyl (C=O) groups is 1. The summed E-state index contributed by atoms with van der Waals surface area (Å²) in [5, 5.41) is 6.25. The molecule has 4 heteroatoms. The molecule has 2 N–H and O–H groups in total. The monoisotopic (exact) mass is 515 g/mol. The van der Waals surface area contributed by atoms with Crippen molar-refractivity contribution in [3.63, 3.8) is 0 Å². The number of likely N-dealkylation sites (N-methyl/N-ethyl adjacent to an activating group) is 1. The summed E-state index contributed by atoms with van der Waals surface area (Å²) in [6, 6.07) is 16.6. The molecule has 4 rings (SSSR count). The third kappa shape index (κ3) is 9.83. The Hall–Kier alpha value is -3.37. The van der Waals surface area contributed by atoms with Crippen LogP contribution in [-0.2, 0) is 16.6 Å². The lowest BCUT2D eigenvalue weighted by atomic mass is 9.75. The summed E-state index contributed by atoms with van der Waals surface area (Å²) in [6.45, 7) is 16.4. The van der Waals surface area contributed by atoms with Crippen LogP contribution in [0.5, 0.6) is 0 Å². The molecule has 2 aromatic rings. The molecule has 4 nitrogen and oxygen atoms in total. The number of fused-ring (bicyclic) bond motifs is 2. The first-order valence-corrected chi connectivity index (χ1v) is 14.0. The summed E-state index contributed by atoms with van der Waals surface area (Å²) < 4.78 is 0. The average molecular weight is 516 g/mol. The molecule has 0 radical (unpaired) electrons. The van der Waals surface area contributed by atoms with Gasteiger partial charge in [0.25, 0.3) is 0 Å². The Morgan fingerprint density at radius 2 is 1.63 bits per heavy atom. The van der Waals surface area contributed by atoms with Gasteiger partial charge in [-0.15, -0.1) is 0 Å². The SMILES string of the molecule is C=C(/C=C/C(=C/C)NC)Nc1ccc(CC=O)cc1.CC.CC.CN1CCC2(C=Cc3ccccc32)CC1. The van der Waals surface area contributed by atoms with E-state index in [-0.39, 0.29) is 0 Å². The van der Waals surface area contributed by atoms with E-state index in [0.717, 1.165) is 28.9 Å². The minimum atomic E-state index is 0.364. The van der Waals surface area contributed by atoms with Crippen molar-refractivity contribution in [1.29, 1.82) is 0 Å². The maximum atomic E-state index is 10.4. The molecule has 0 saturated carbocycles. The van der Waals surface area contributed by atoms with Crippen molar-refractivity contribution in [2.45, 2.75) is 59.3 Å². The van der Waals surface area contributed by atoms with Crippen LogP contribution in [0.3, 0.4) is 0 Å². The number of hydrogen-bond donors (Lipinski definition) is 2. The Labute approximate surface area is 232 Å². The number of carbonyl (C=O) groups excluding carboxylic acids is 1. The van der Waals surface area contributed by atoms with Gasteiger partial charge in [-0.25, -0.2) is 0 Å². The van der Waals surface area contributed by atoms with Crippen molar-refractivity contribution in [3.05, 3.63) is 107 Å². The van der Waals surface area contributed by atoms with Gasteiger partial charge in [-0.2, -0.15) is 0 Å². The molecule has 2 aliphatic rings. The predicted molar refractivity (Wildman–Crippen MR) is 168 cm³/mol. The molecule has 0 amide bonds. The molecule has 38 heavy (non-hydrogen) atoms. The van der Waals surface area contributed by atoms with E-state index in [4.69, 9.17) is 0 Å². The normalized spacial score (nSPS) is 15.2. The number of anilines is 1. The van der Waals surface area contributed by atoms with E-state index in [9.17, 15) is 4.79 Å². The van der Waals surface area contributed by atoms with Gasteiger partial charge < -0.3 is 20.3 Å². The van der Waals surface area contributed by atoms with E-state index in [2.05, 4.69) is 65.6 Å². The summed E-state index contributed by atoms with van der Waals surface area (Å²) in [7, 11) is 4.10. The zero-order chi connectivity index (χ0) is 28.4. The Kier molecular flexibility index (Phi) is 15.4. The number of nitrogens with zero attached hydrogens (tertiary/aromatic N) is 1. The second kappa shape index (κ2) is 18.0. The van der Waals surface area contributed by atoms with Crippen LogP contribution in [0.15, 0.2) is 90.8 Å². The number of benzene rings is 2. The fourth-order valence-corrected chi connectivity index (χ4v) is 4.45. The van der Waals surface area contributed by atoms with Crippen molar-refractivity contribution in [3.8, 4) is 0 Å². The number of allylic oxidation sites excluding steroid dienone is 4. The van der Waals surface area contributed by atoms with E-state index < -0.39 is 0 Å². The minimum Gasteiger partial charge on any atom is -0.388 e. The van der Waals surface area contributed by atoms with Gasteiger partial charge in [0.05, 0.1) is 0 Å². The molecule has 1 fully saturated rings. The van der Waals surface area contributed by atoms with Crippen LogP contribution >= 0.6 is 0 Å². The Morgan fingerprint density at radius 1 is 1.00 bits per heavy atom. The molecule has 1 saturated heterocycles. The molecule has 1 spiro atoms.